The number of methoxy groups -OCH3 is 2. The van der Waals surface area contributed by atoms with Crippen molar-refractivity contribution >= 4 is 29.1 Å². The highest BCUT2D eigenvalue weighted by Gasteiger charge is 2.14. The fraction of sp³-hybridized carbons (Fsp3) is 0.227. The minimum absolute atomic E-state index is 0.00303. The largest absolute Gasteiger partial charge is 0.496 e. The fourth-order valence-electron chi connectivity index (χ4n) is 2.73. The molecule has 0 amide bonds. The summed E-state index contributed by atoms with van der Waals surface area (Å²) in [4.78, 5) is 20.1. The molecular formula is C22H23FN4O4. The topological polar surface area (TPSA) is 94.6 Å². The van der Waals surface area contributed by atoms with Crippen LogP contribution in [0.25, 0.3) is 0 Å². The highest BCUT2D eigenvalue weighted by molar-refractivity contribution is 5.93. The summed E-state index contributed by atoms with van der Waals surface area (Å²) in [5.41, 5.74) is 1.38. The van der Waals surface area contributed by atoms with Gasteiger partial charge < -0.3 is 24.8 Å². The summed E-state index contributed by atoms with van der Waals surface area (Å²) in [5.74, 6) is 0.0591. The highest BCUT2D eigenvalue weighted by atomic mass is 19.1. The number of esters is 1. The second kappa shape index (κ2) is 9.75. The molecule has 0 radical (unpaired) electrons. The summed E-state index contributed by atoms with van der Waals surface area (Å²) in [6.45, 7) is 3.88. The first-order chi connectivity index (χ1) is 14.9. The van der Waals surface area contributed by atoms with Crippen LogP contribution in [0, 0.1) is 5.82 Å². The Labute approximate surface area is 179 Å². The predicted octanol–water partition coefficient (Wildman–Crippen LogP) is 4.69. The van der Waals surface area contributed by atoms with E-state index in [9.17, 15) is 9.18 Å². The standard InChI is InChI=1S/C22H23FN4O4/c1-13(2)31-16-8-5-14(6-9-16)25-20-18(23)12-24-22(27-20)26-15-7-10-19(29-3)17(11-15)21(28)30-4/h5-13H,1-4H3,(H2,24,25,26,27). The van der Waals surface area contributed by atoms with Crippen molar-refractivity contribution in [1.82, 2.24) is 9.97 Å². The molecule has 31 heavy (non-hydrogen) atoms. The molecule has 0 saturated carbocycles. The van der Waals surface area contributed by atoms with Gasteiger partial charge in [0.2, 0.25) is 5.95 Å². The zero-order chi connectivity index (χ0) is 22.4. The maximum Gasteiger partial charge on any atom is 0.341 e. The van der Waals surface area contributed by atoms with Gasteiger partial charge in [-0.1, -0.05) is 0 Å². The first kappa shape index (κ1) is 21.8. The van der Waals surface area contributed by atoms with E-state index in [2.05, 4.69) is 20.6 Å². The van der Waals surface area contributed by atoms with Gasteiger partial charge in [-0.25, -0.2) is 14.2 Å². The first-order valence-electron chi connectivity index (χ1n) is 9.49. The van der Waals surface area contributed by atoms with Crippen LogP contribution in [0.3, 0.4) is 0 Å². The van der Waals surface area contributed by atoms with Gasteiger partial charge in [-0.05, 0) is 56.3 Å². The van der Waals surface area contributed by atoms with E-state index in [0.29, 0.717) is 22.9 Å². The number of carbonyl (C=O) groups is 1. The second-order valence-corrected chi connectivity index (χ2v) is 6.74. The van der Waals surface area contributed by atoms with E-state index in [1.807, 2.05) is 13.8 Å². The third kappa shape index (κ3) is 5.59. The van der Waals surface area contributed by atoms with Crippen molar-refractivity contribution in [1.29, 1.82) is 0 Å². The summed E-state index contributed by atoms with van der Waals surface area (Å²) in [7, 11) is 2.74. The molecule has 0 spiro atoms. The van der Waals surface area contributed by atoms with Gasteiger partial charge in [0.25, 0.3) is 0 Å². The predicted molar refractivity (Wildman–Crippen MR) is 115 cm³/mol. The van der Waals surface area contributed by atoms with Crippen molar-refractivity contribution < 1.29 is 23.4 Å². The SMILES string of the molecule is COC(=O)c1cc(Nc2ncc(F)c(Nc3ccc(OC(C)C)cc3)n2)ccc1OC. The molecule has 3 rings (SSSR count). The molecule has 0 aliphatic heterocycles. The number of hydrogen-bond acceptors (Lipinski definition) is 8. The molecule has 0 saturated heterocycles. The van der Waals surface area contributed by atoms with Crippen molar-refractivity contribution in [3.8, 4) is 11.5 Å². The second-order valence-electron chi connectivity index (χ2n) is 6.74. The number of aromatic nitrogens is 2. The number of ether oxygens (including phenoxy) is 3. The molecule has 2 aromatic carbocycles. The summed E-state index contributed by atoms with van der Waals surface area (Å²) in [6, 6.07) is 11.9. The monoisotopic (exact) mass is 426 g/mol. The van der Waals surface area contributed by atoms with Crippen molar-refractivity contribution in [3.05, 3.63) is 60.0 Å². The minimum Gasteiger partial charge on any atom is -0.496 e. The molecule has 8 nitrogen and oxygen atoms in total. The summed E-state index contributed by atoms with van der Waals surface area (Å²) in [5, 5.41) is 5.87. The maximum atomic E-state index is 14.2. The Balaban J connectivity index is 1.79. The molecule has 2 N–H and O–H groups in total. The third-order valence-corrected chi connectivity index (χ3v) is 4.09. The van der Waals surface area contributed by atoms with Gasteiger partial charge in [-0.2, -0.15) is 4.98 Å². The van der Waals surface area contributed by atoms with E-state index in [4.69, 9.17) is 14.2 Å². The summed E-state index contributed by atoms with van der Waals surface area (Å²) in [6.07, 6.45) is 1.11. The lowest BCUT2D eigenvalue weighted by Crippen LogP contribution is -2.07. The molecule has 0 aliphatic carbocycles. The molecule has 0 unspecified atom stereocenters. The molecule has 162 valence electrons. The van der Waals surface area contributed by atoms with E-state index in [1.54, 1.807) is 36.4 Å². The van der Waals surface area contributed by atoms with Gasteiger partial charge in [0.1, 0.15) is 17.1 Å². The van der Waals surface area contributed by atoms with E-state index < -0.39 is 11.8 Å². The van der Waals surface area contributed by atoms with Crippen LogP contribution in [0.2, 0.25) is 0 Å². The number of hydrogen-bond donors (Lipinski definition) is 2. The average Bonchev–Trinajstić information content (AvgIpc) is 2.76. The average molecular weight is 426 g/mol. The van der Waals surface area contributed by atoms with E-state index in [1.165, 1.54) is 20.3 Å². The van der Waals surface area contributed by atoms with Gasteiger partial charge in [-0.3, -0.25) is 0 Å². The van der Waals surface area contributed by atoms with Crippen LogP contribution in [0.4, 0.5) is 27.5 Å². The van der Waals surface area contributed by atoms with Gasteiger partial charge in [-0.15, -0.1) is 0 Å². The van der Waals surface area contributed by atoms with Crippen molar-refractivity contribution in [2.75, 3.05) is 24.9 Å². The molecular weight excluding hydrogens is 403 g/mol. The lowest BCUT2D eigenvalue weighted by atomic mass is 10.2. The van der Waals surface area contributed by atoms with Crippen molar-refractivity contribution in [2.45, 2.75) is 20.0 Å². The van der Waals surface area contributed by atoms with E-state index in [0.717, 1.165) is 6.20 Å². The summed E-state index contributed by atoms with van der Waals surface area (Å²) >= 11 is 0. The van der Waals surface area contributed by atoms with Crippen LogP contribution >= 0.6 is 0 Å². The first-order valence-corrected chi connectivity index (χ1v) is 9.49. The molecule has 0 atom stereocenters. The Bertz CT molecular complexity index is 1060. The number of benzene rings is 2. The zero-order valence-electron chi connectivity index (χ0n) is 17.6. The van der Waals surface area contributed by atoms with Crippen LogP contribution in [0.1, 0.15) is 24.2 Å². The third-order valence-electron chi connectivity index (χ3n) is 4.09. The van der Waals surface area contributed by atoms with Crippen molar-refractivity contribution in [3.63, 3.8) is 0 Å². The fourth-order valence-corrected chi connectivity index (χ4v) is 2.73. The Hall–Kier alpha value is -3.88. The smallest absolute Gasteiger partial charge is 0.341 e. The van der Waals surface area contributed by atoms with Gasteiger partial charge in [0.05, 0.1) is 26.5 Å². The molecule has 0 bridgehead atoms. The van der Waals surface area contributed by atoms with Crippen LogP contribution in [-0.4, -0.2) is 36.3 Å². The van der Waals surface area contributed by atoms with Crippen LogP contribution < -0.4 is 20.1 Å². The van der Waals surface area contributed by atoms with E-state index in [-0.39, 0.29) is 23.4 Å². The zero-order valence-corrected chi connectivity index (χ0v) is 17.6. The van der Waals surface area contributed by atoms with Gasteiger partial charge in [0, 0.05) is 11.4 Å². The normalized spacial score (nSPS) is 10.5. The molecule has 1 heterocycles. The summed E-state index contributed by atoms with van der Waals surface area (Å²) < 4.78 is 29.8. The van der Waals surface area contributed by atoms with Gasteiger partial charge in [0.15, 0.2) is 11.6 Å². The quantitative estimate of drug-likeness (QED) is 0.501. The highest BCUT2D eigenvalue weighted by Crippen LogP contribution is 2.26. The Morgan fingerprint density at radius 2 is 1.74 bits per heavy atom. The Morgan fingerprint density at radius 1 is 1.03 bits per heavy atom. The number of nitrogens with zero attached hydrogens (tertiary/aromatic N) is 2. The molecule has 3 aromatic rings. The van der Waals surface area contributed by atoms with Crippen LogP contribution in [0.5, 0.6) is 11.5 Å². The number of anilines is 4. The number of halogens is 1. The number of nitrogens with one attached hydrogen (secondary N) is 2. The van der Waals surface area contributed by atoms with E-state index >= 15 is 0 Å². The Morgan fingerprint density at radius 3 is 2.39 bits per heavy atom. The lowest BCUT2D eigenvalue weighted by molar-refractivity contribution is 0.0597. The van der Waals surface area contributed by atoms with Crippen LogP contribution in [-0.2, 0) is 4.74 Å². The number of rotatable bonds is 8. The number of carbonyl (C=O) groups excluding carboxylic acids is 1. The van der Waals surface area contributed by atoms with Crippen molar-refractivity contribution in [2.24, 2.45) is 0 Å². The molecule has 1 aromatic heterocycles. The van der Waals surface area contributed by atoms with Gasteiger partial charge >= 0.3 is 5.97 Å². The molecule has 0 aliphatic rings. The lowest BCUT2D eigenvalue weighted by Gasteiger charge is -2.12. The Kier molecular flexibility index (Phi) is 6.86. The van der Waals surface area contributed by atoms with Crippen LogP contribution in [0.15, 0.2) is 48.7 Å². The maximum absolute atomic E-state index is 14.2. The minimum atomic E-state index is -0.613. The molecule has 9 heteroatoms. The molecule has 0 fully saturated rings.